The fourth-order valence-electron chi connectivity index (χ4n) is 1.26. The number of aliphatic hydroxyl groups is 2. The van der Waals surface area contributed by atoms with E-state index >= 15 is 0 Å². The van der Waals surface area contributed by atoms with Crippen LogP contribution in [0.1, 0.15) is 31.3 Å². The third kappa shape index (κ3) is 3.47. The third-order valence-corrected chi connectivity index (χ3v) is 2.53. The van der Waals surface area contributed by atoms with E-state index in [2.05, 4.69) is 9.97 Å². The van der Waals surface area contributed by atoms with Gasteiger partial charge < -0.3 is 15.9 Å². The highest BCUT2D eigenvalue weighted by molar-refractivity contribution is 5.80. The number of hydrogen-bond donors (Lipinski definition) is 3. The number of carbonyl (C=O) groups excluding carboxylic acids is 1. The largest absolute Gasteiger partial charge is 0.393 e. The molecule has 1 atom stereocenters. The Hall–Kier alpha value is -1.53. The van der Waals surface area contributed by atoms with Crippen LogP contribution in [0.4, 0.5) is 0 Å². The van der Waals surface area contributed by atoms with Gasteiger partial charge in [0.1, 0.15) is 6.10 Å². The summed E-state index contributed by atoms with van der Waals surface area (Å²) in [5.74, 6) is -0.404. The van der Waals surface area contributed by atoms with Crippen LogP contribution in [0.3, 0.4) is 0 Å². The molecule has 0 aromatic carbocycles. The minimum atomic E-state index is -1.03. The smallest absolute Gasteiger partial charge is 0.223 e. The molecule has 0 bridgehead atoms. The summed E-state index contributed by atoms with van der Waals surface area (Å²) in [7, 11) is 0. The SMILES string of the molecule is CC(C)(Cc1cnc([C@H](O)CO)cn1)C(N)=O. The van der Waals surface area contributed by atoms with Crippen LogP contribution in [-0.2, 0) is 11.2 Å². The molecule has 0 spiro atoms. The summed E-state index contributed by atoms with van der Waals surface area (Å²) in [5, 5.41) is 18.1. The first-order chi connectivity index (χ1) is 7.86. The standard InChI is InChI=1S/C11H17N3O3/c1-11(2,10(12)17)3-7-4-14-8(5-13-7)9(16)6-15/h4-5,9,15-16H,3,6H2,1-2H3,(H2,12,17)/t9-/m1/s1. The molecule has 0 radical (unpaired) electrons. The molecule has 1 rings (SSSR count). The zero-order chi connectivity index (χ0) is 13.1. The number of nitrogens with two attached hydrogens (primary N) is 1. The molecule has 0 saturated heterocycles. The first kappa shape index (κ1) is 13.5. The molecule has 1 aromatic rings. The lowest BCUT2D eigenvalue weighted by Gasteiger charge is -2.19. The molecule has 17 heavy (non-hydrogen) atoms. The zero-order valence-corrected chi connectivity index (χ0v) is 9.92. The summed E-state index contributed by atoms with van der Waals surface area (Å²) in [6.45, 7) is 3.06. The average molecular weight is 239 g/mol. The number of hydrogen-bond acceptors (Lipinski definition) is 5. The van der Waals surface area contributed by atoms with Gasteiger partial charge in [-0.25, -0.2) is 0 Å². The fourth-order valence-corrected chi connectivity index (χ4v) is 1.26. The Labute approximate surface area is 99.5 Å². The maximum absolute atomic E-state index is 11.1. The highest BCUT2D eigenvalue weighted by Gasteiger charge is 2.26. The molecule has 6 nitrogen and oxygen atoms in total. The van der Waals surface area contributed by atoms with Crippen molar-refractivity contribution in [1.82, 2.24) is 9.97 Å². The van der Waals surface area contributed by atoms with Crippen molar-refractivity contribution in [3.8, 4) is 0 Å². The van der Waals surface area contributed by atoms with Crippen molar-refractivity contribution in [3.05, 3.63) is 23.8 Å². The van der Waals surface area contributed by atoms with E-state index in [-0.39, 0.29) is 0 Å². The Morgan fingerprint density at radius 3 is 2.53 bits per heavy atom. The molecule has 0 fully saturated rings. The minimum absolute atomic E-state index is 0.299. The maximum Gasteiger partial charge on any atom is 0.223 e. The van der Waals surface area contributed by atoms with Crippen molar-refractivity contribution in [2.45, 2.75) is 26.4 Å². The van der Waals surface area contributed by atoms with Gasteiger partial charge in [0.2, 0.25) is 5.91 Å². The van der Waals surface area contributed by atoms with Crippen LogP contribution in [0.15, 0.2) is 12.4 Å². The first-order valence-electron chi connectivity index (χ1n) is 5.26. The molecule has 0 aliphatic heterocycles. The number of nitrogens with zero attached hydrogens (tertiary/aromatic N) is 2. The summed E-state index contributed by atoms with van der Waals surface area (Å²) < 4.78 is 0. The topological polar surface area (TPSA) is 109 Å². The highest BCUT2D eigenvalue weighted by atomic mass is 16.3. The van der Waals surface area contributed by atoms with Crippen LogP contribution in [0.25, 0.3) is 0 Å². The van der Waals surface area contributed by atoms with Gasteiger partial charge in [0.25, 0.3) is 0 Å². The number of aliphatic hydroxyl groups excluding tert-OH is 2. The second kappa shape index (κ2) is 5.20. The van der Waals surface area contributed by atoms with Crippen molar-refractivity contribution in [2.75, 3.05) is 6.61 Å². The van der Waals surface area contributed by atoms with Gasteiger partial charge in [0.05, 0.1) is 24.2 Å². The second-order valence-corrected chi connectivity index (χ2v) is 4.56. The summed E-state index contributed by atoms with van der Waals surface area (Å²) in [6, 6.07) is 0. The van der Waals surface area contributed by atoms with Crippen LogP contribution >= 0.6 is 0 Å². The predicted molar refractivity (Wildman–Crippen MR) is 60.8 cm³/mol. The van der Waals surface area contributed by atoms with Crippen molar-refractivity contribution in [2.24, 2.45) is 11.1 Å². The number of rotatable bonds is 5. The summed E-state index contributed by atoms with van der Waals surface area (Å²) in [4.78, 5) is 19.2. The van der Waals surface area contributed by atoms with Crippen LogP contribution in [0.2, 0.25) is 0 Å². The summed E-state index contributed by atoms with van der Waals surface area (Å²) in [5.41, 5.74) is 5.48. The first-order valence-corrected chi connectivity index (χ1v) is 5.26. The second-order valence-electron chi connectivity index (χ2n) is 4.56. The predicted octanol–water partition coefficient (Wildman–Crippen LogP) is -0.444. The van der Waals surface area contributed by atoms with E-state index in [9.17, 15) is 9.90 Å². The van der Waals surface area contributed by atoms with E-state index < -0.39 is 24.0 Å². The lowest BCUT2D eigenvalue weighted by atomic mass is 9.87. The monoisotopic (exact) mass is 239 g/mol. The van der Waals surface area contributed by atoms with Gasteiger partial charge in [-0.2, -0.15) is 0 Å². The van der Waals surface area contributed by atoms with Gasteiger partial charge in [0.15, 0.2) is 0 Å². The Bertz CT molecular complexity index is 389. The molecule has 1 amide bonds. The zero-order valence-electron chi connectivity index (χ0n) is 9.92. The average Bonchev–Trinajstić information content (AvgIpc) is 2.28. The molecule has 0 saturated carbocycles. The van der Waals surface area contributed by atoms with E-state index in [1.54, 1.807) is 13.8 Å². The summed E-state index contributed by atoms with van der Waals surface area (Å²) >= 11 is 0. The molecule has 0 aliphatic carbocycles. The summed E-state index contributed by atoms with van der Waals surface area (Å²) in [6.07, 6.45) is 2.21. The number of aromatic nitrogens is 2. The van der Waals surface area contributed by atoms with Crippen molar-refractivity contribution >= 4 is 5.91 Å². The molecule has 6 heteroatoms. The van der Waals surface area contributed by atoms with E-state index in [1.165, 1.54) is 12.4 Å². The molecule has 1 heterocycles. The highest BCUT2D eigenvalue weighted by Crippen LogP contribution is 2.20. The minimum Gasteiger partial charge on any atom is -0.393 e. The lowest BCUT2D eigenvalue weighted by Crippen LogP contribution is -2.33. The lowest BCUT2D eigenvalue weighted by molar-refractivity contribution is -0.125. The van der Waals surface area contributed by atoms with Gasteiger partial charge >= 0.3 is 0 Å². The molecule has 4 N–H and O–H groups in total. The van der Waals surface area contributed by atoms with Gasteiger partial charge in [-0.3, -0.25) is 14.8 Å². The van der Waals surface area contributed by atoms with E-state index in [0.717, 1.165) is 0 Å². The van der Waals surface area contributed by atoms with Crippen LogP contribution in [-0.4, -0.2) is 32.7 Å². The molecule has 94 valence electrons. The van der Waals surface area contributed by atoms with E-state index in [0.29, 0.717) is 17.8 Å². The van der Waals surface area contributed by atoms with Crippen LogP contribution in [0.5, 0.6) is 0 Å². The van der Waals surface area contributed by atoms with Crippen molar-refractivity contribution < 1.29 is 15.0 Å². The van der Waals surface area contributed by atoms with Crippen molar-refractivity contribution in [1.29, 1.82) is 0 Å². The molecular formula is C11H17N3O3. The molecule has 1 aromatic heterocycles. The van der Waals surface area contributed by atoms with Gasteiger partial charge in [-0.05, 0) is 0 Å². The number of primary amides is 1. The quantitative estimate of drug-likeness (QED) is 0.645. The maximum atomic E-state index is 11.1. The van der Waals surface area contributed by atoms with Gasteiger partial charge in [-0.1, -0.05) is 13.8 Å². The molecule has 0 aliphatic rings. The third-order valence-electron chi connectivity index (χ3n) is 2.53. The fraction of sp³-hybridized carbons (Fsp3) is 0.545. The van der Waals surface area contributed by atoms with Crippen LogP contribution in [0, 0.1) is 5.41 Å². The van der Waals surface area contributed by atoms with Gasteiger partial charge in [0, 0.05) is 18.0 Å². The Morgan fingerprint density at radius 1 is 1.47 bits per heavy atom. The number of amides is 1. The normalized spacial score (nSPS) is 13.4. The Kier molecular flexibility index (Phi) is 4.14. The van der Waals surface area contributed by atoms with Crippen molar-refractivity contribution in [3.63, 3.8) is 0 Å². The van der Waals surface area contributed by atoms with Crippen LogP contribution < -0.4 is 5.73 Å². The van der Waals surface area contributed by atoms with Gasteiger partial charge in [-0.15, -0.1) is 0 Å². The Balaban J connectivity index is 2.79. The van der Waals surface area contributed by atoms with E-state index in [4.69, 9.17) is 10.8 Å². The molecular weight excluding hydrogens is 222 g/mol. The number of carbonyl (C=O) groups is 1. The molecule has 0 unspecified atom stereocenters. The van der Waals surface area contributed by atoms with E-state index in [1.807, 2.05) is 0 Å². The Morgan fingerprint density at radius 2 is 2.12 bits per heavy atom.